The first-order valence-corrected chi connectivity index (χ1v) is 15.2. The predicted molar refractivity (Wildman–Crippen MR) is 161 cm³/mol. The fourth-order valence-corrected chi connectivity index (χ4v) is 7.70. The highest BCUT2D eigenvalue weighted by atomic mass is 16.5. The van der Waals surface area contributed by atoms with E-state index in [-0.39, 0.29) is 29.2 Å². The third-order valence-corrected chi connectivity index (χ3v) is 9.64. The first kappa shape index (κ1) is 27.7. The highest BCUT2D eigenvalue weighted by Crippen LogP contribution is 2.44. The quantitative estimate of drug-likeness (QED) is 0.236. The van der Waals surface area contributed by atoms with Gasteiger partial charge < -0.3 is 14.5 Å². The Bertz CT molecular complexity index is 1410. The summed E-state index contributed by atoms with van der Waals surface area (Å²) in [6.07, 6.45) is 5.40. The summed E-state index contributed by atoms with van der Waals surface area (Å²) in [6.45, 7) is 7.86. The Morgan fingerprint density at radius 3 is 2.29 bits per heavy atom. The van der Waals surface area contributed by atoms with Gasteiger partial charge in [-0.25, -0.2) is 0 Å². The molecule has 2 unspecified atom stereocenters. The molecule has 6 rings (SSSR count). The van der Waals surface area contributed by atoms with Crippen LogP contribution in [0.5, 0.6) is 0 Å². The molecule has 3 saturated heterocycles. The van der Waals surface area contributed by atoms with Gasteiger partial charge in [0.05, 0.1) is 17.6 Å². The van der Waals surface area contributed by atoms with Crippen LogP contribution in [-0.2, 0) is 14.3 Å². The highest BCUT2D eigenvalue weighted by molar-refractivity contribution is 6.18. The number of likely N-dealkylation sites (tertiary alicyclic amines) is 3. The van der Waals surface area contributed by atoms with Gasteiger partial charge in [0, 0.05) is 45.2 Å². The third-order valence-electron chi connectivity index (χ3n) is 9.64. The molecule has 0 bridgehead atoms. The largest absolute Gasteiger partial charge is 0.466 e. The van der Waals surface area contributed by atoms with E-state index in [4.69, 9.17) is 4.74 Å². The zero-order valence-corrected chi connectivity index (χ0v) is 24.3. The van der Waals surface area contributed by atoms with E-state index in [1.807, 2.05) is 34.1 Å². The van der Waals surface area contributed by atoms with Gasteiger partial charge in [-0.05, 0) is 79.6 Å². The molecule has 1 spiro atoms. The summed E-state index contributed by atoms with van der Waals surface area (Å²) in [5.41, 5.74) is 0.502. The number of rotatable bonds is 6. The lowest BCUT2D eigenvalue weighted by molar-refractivity contribution is -0.141. The van der Waals surface area contributed by atoms with Crippen molar-refractivity contribution in [1.29, 1.82) is 0 Å². The molecule has 3 aliphatic rings. The molecule has 3 aromatic rings. The van der Waals surface area contributed by atoms with Crippen LogP contribution in [-0.4, -0.2) is 83.9 Å². The van der Waals surface area contributed by atoms with Gasteiger partial charge in [0.25, 0.3) is 5.91 Å². The monoisotopic (exact) mass is 555 g/mol. The summed E-state index contributed by atoms with van der Waals surface area (Å²) >= 11 is 0. The normalized spacial score (nSPS) is 24.0. The van der Waals surface area contributed by atoms with E-state index in [1.54, 1.807) is 0 Å². The molecule has 3 fully saturated rings. The molecule has 7 heteroatoms. The van der Waals surface area contributed by atoms with Crippen LogP contribution in [0.25, 0.3) is 21.5 Å². The lowest BCUT2D eigenvalue weighted by atomic mass is 9.76. The molecule has 2 amide bonds. The molecule has 2 atom stereocenters. The maximum atomic E-state index is 14.0. The van der Waals surface area contributed by atoms with Crippen molar-refractivity contribution in [3.63, 3.8) is 0 Å². The van der Waals surface area contributed by atoms with Gasteiger partial charge in [-0.15, -0.1) is 0 Å². The number of benzene rings is 3. The number of ether oxygens (including phenoxy) is 1. The molecular formula is C34H41N3O4. The molecule has 3 aliphatic heterocycles. The molecule has 7 nitrogen and oxygen atoms in total. The number of amides is 2. The molecule has 41 heavy (non-hydrogen) atoms. The molecule has 0 saturated carbocycles. The zero-order valence-electron chi connectivity index (χ0n) is 24.3. The molecule has 0 aromatic heterocycles. The van der Waals surface area contributed by atoms with Crippen molar-refractivity contribution >= 4 is 39.3 Å². The minimum absolute atomic E-state index is 0.121. The topological polar surface area (TPSA) is 70.2 Å². The van der Waals surface area contributed by atoms with Crippen LogP contribution >= 0.6 is 0 Å². The van der Waals surface area contributed by atoms with Gasteiger partial charge in [-0.3, -0.25) is 19.3 Å². The summed E-state index contributed by atoms with van der Waals surface area (Å²) in [7, 11) is 0. The van der Waals surface area contributed by atoms with Crippen LogP contribution in [0.15, 0.2) is 54.6 Å². The maximum Gasteiger partial charge on any atom is 0.302 e. The van der Waals surface area contributed by atoms with Crippen molar-refractivity contribution < 1.29 is 19.1 Å². The molecule has 0 aliphatic carbocycles. The predicted octanol–water partition coefficient (Wildman–Crippen LogP) is 5.25. The van der Waals surface area contributed by atoms with Crippen LogP contribution in [0.2, 0.25) is 0 Å². The van der Waals surface area contributed by atoms with E-state index in [0.717, 1.165) is 85.4 Å². The molecule has 3 heterocycles. The second-order valence-electron chi connectivity index (χ2n) is 12.3. The van der Waals surface area contributed by atoms with Gasteiger partial charge in [0.1, 0.15) is 0 Å². The Labute approximate surface area is 242 Å². The fourth-order valence-electron chi connectivity index (χ4n) is 7.70. The second kappa shape index (κ2) is 11.4. The smallest absolute Gasteiger partial charge is 0.302 e. The number of nitrogens with zero attached hydrogens (tertiary/aromatic N) is 3. The Kier molecular flexibility index (Phi) is 7.73. The molecular weight excluding hydrogens is 514 g/mol. The van der Waals surface area contributed by atoms with Gasteiger partial charge in [-0.2, -0.15) is 0 Å². The van der Waals surface area contributed by atoms with E-state index < -0.39 is 0 Å². The standard InChI is InChI=1S/C34H41N3O4/c1-24-22-34(33(40)37(24)17-8-20-41-25(2)38)15-7-16-36(23-34)28-13-18-35(19-14-28)32(39)31-29-11-5-3-9-26(29)21-27-10-4-6-12-30(27)31/h3-6,9-12,21,24,28H,7-8,13-20,22-23H2,1-2H3. The van der Waals surface area contributed by atoms with E-state index in [2.05, 4.69) is 42.2 Å². The van der Waals surface area contributed by atoms with Crippen LogP contribution in [0.1, 0.15) is 62.7 Å². The van der Waals surface area contributed by atoms with Crippen LogP contribution in [0.3, 0.4) is 0 Å². The SMILES string of the molecule is CC(=O)OCCCN1C(=O)C2(CCCN(C3CCN(C(=O)c4c5ccccc5cc5ccccc45)CC3)C2)CC1C. The maximum absolute atomic E-state index is 14.0. The Hall–Kier alpha value is -3.45. The fraction of sp³-hybridized carbons (Fsp3) is 0.500. The molecule has 216 valence electrons. The minimum atomic E-state index is -0.312. The van der Waals surface area contributed by atoms with Crippen LogP contribution in [0, 0.1) is 5.41 Å². The third kappa shape index (κ3) is 5.32. The Balaban J connectivity index is 1.12. The van der Waals surface area contributed by atoms with E-state index in [0.29, 0.717) is 25.6 Å². The van der Waals surface area contributed by atoms with Gasteiger partial charge >= 0.3 is 5.97 Å². The van der Waals surface area contributed by atoms with E-state index >= 15 is 0 Å². The average molecular weight is 556 g/mol. The lowest BCUT2D eigenvalue weighted by Gasteiger charge is -2.45. The number of carbonyl (C=O) groups excluding carboxylic acids is 3. The molecule has 0 radical (unpaired) electrons. The summed E-state index contributed by atoms with van der Waals surface area (Å²) in [6, 6.07) is 19.1. The molecule has 3 aromatic carbocycles. The van der Waals surface area contributed by atoms with Crippen LogP contribution < -0.4 is 0 Å². The Morgan fingerprint density at radius 2 is 1.63 bits per heavy atom. The van der Waals surface area contributed by atoms with Crippen LogP contribution in [0.4, 0.5) is 0 Å². The summed E-state index contributed by atoms with van der Waals surface area (Å²) in [4.78, 5) is 45.4. The van der Waals surface area contributed by atoms with E-state index in [1.165, 1.54) is 6.92 Å². The number of esters is 1. The van der Waals surface area contributed by atoms with Crippen molar-refractivity contribution in [2.24, 2.45) is 5.41 Å². The number of fused-ring (bicyclic) bond motifs is 2. The first-order chi connectivity index (χ1) is 19.9. The van der Waals surface area contributed by atoms with Gasteiger partial charge in [0.15, 0.2) is 0 Å². The lowest BCUT2D eigenvalue weighted by Crippen LogP contribution is -2.54. The van der Waals surface area contributed by atoms with Gasteiger partial charge in [0.2, 0.25) is 5.91 Å². The Morgan fingerprint density at radius 1 is 0.976 bits per heavy atom. The van der Waals surface area contributed by atoms with Crippen molar-refractivity contribution in [1.82, 2.24) is 14.7 Å². The minimum Gasteiger partial charge on any atom is -0.466 e. The summed E-state index contributed by atoms with van der Waals surface area (Å²) < 4.78 is 5.09. The summed E-state index contributed by atoms with van der Waals surface area (Å²) in [5, 5.41) is 4.23. The first-order valence-electron chi connectivity index (χ1n) is 15.2. The second-order valence-corrected chi connectivity index (χ2v) is 12.3. The van der Waals surface area contributed by atoms with Crippen molar-refractivity contribution in [3.05, 3.63) is 60.2 Å². The number of piperidine rings is 2. The van der Waals surface area contributed by atoms with Gasteiger partial charge in [-0.1, -0.05) is 48.5 Å². The zero-order chi connectivity index (χ0) is 28.6. The highest BCUT2D eigenvalue weighted by Gasteiger charge is 2.52. The average Bonchev–Trinajstić information content (AvgIpc) is 3.20. The molecule has 0 N–H and O–H groups in total. The summed E-state index contributed by atoms with van der Waals surface area (Å²) in [5.74, 6) is 0.118. The van der Waals surface area contributed by atoms with Crippen molar-refractivity contribution in [2.45, 2.75) is 64.5 Å². The van der Waals surface area contributed by atoms with Crippen molar-refractivity contribution in [3.8, 4) is 0 Å². The number of carbonyl (C=O) groups is 3. The number of hydrogen-bond donors (Lipinski definition) is 0. The number of hydrogen-bond acceptors (Lipinski definition) is 5. The van der Waals surface area contributed by atoms with E-state index in [9.17, 15) is 14.4 Å². The van der Waals surface area contributed by atoms with Crippen molar-refractivity contribution in [2.75, 3.05) is 39.3 Å².